The number of aliphatic carboxylic acids is 1. The van der Waals surface area contributed by atoms with Crippen LogP contribution in [0.5, 0.6) is 0 Å². The van der Waals surface area contributed by atoms with Crippen LogP contribution in [-0.2, 0) is 4.79 Å². The normalized spacial score (nSPS) is 13.1. The first-order valence-electron chi connectivity index (χ1n) is 5.46. The Morgan fingerprint density at radius 1 is 1.47 bits per heavy atom. The number of carboxylic acid groups (broad SMARTS) is 1. The highest BCUT2D eigenvalue weighted by molar-refractivity contribution is 5.75. The number of guanidine groups is 1. The Morgan fingerprint density at radius 2 is 2.06 bits per heavy atom. The molecule has 0 fully saturated rings. The molecule has 0 bridgehead atoms. The van der Waals surface area contributed by atoms with Gasteiger partial charge in [0.05, 0.1) is 5.60 Å². The predicted molar refractivity (Wildman–Crippen MR) is 65.6 cm³/mol. The van der Waals surface area contributed by atoms with E-state index >= 15 is 0 Å². The number of nitrogens with one attached hydrogen (secondary N) is 1. The molecule has 0 aromatic heterocycles. The van der Waals surface area contributed by atoms with Crippen molar-refractivity contribution in [2.45, 2.75) is 38.3 Å². The smallest absolute Gasteiger partial charge is 0.320 e. The summed E-state index contributed by atoms with van der Waals surface area (Å²) in [7, 11) is 0. The summed E-state index contributed by atoms with van der Waals surface area (Å²) in [4.78, 5) is 14.7. The highest BCUT2D eigenvalue weighted by atomic mass is 16.4. The maximum absolute atomic E-state index is 10.9. The first-order chi connectivity index (χ1) is 7.72. The van der Waals surface area contributed by atoms with Crippen LogP contribution in [0.2, 0.25) is 0 Å². The van der Waals surface area contributed by atoms with Gasteiger partial charge in [0.1, 0.15) is 6.04 Å². The van der Waals surface area contributed by atoms with Gasteiger partial charge >= 0.3 is 5.97 Å². The first kappa shape index (κ1) is 15.7. The van der Waals surface area contributed by atoms with Gasteiger partial charge in [-0.3, -0.25) is 9.79 Å². The summed E-state index contributed by atoms with van der Waals surface area (Å²) in [5, 5.41) is 21.2. The molecule has 0 aromatic carbocycles. The lowest BCUT2D eigenvalue weighted by Crippen LogP contribution is -2.44. The highest BCUT2D eigenvalue weighted by Gasteiger charge is 2.20. The van der Waals surface area contributed by atoms with Gasteiger partial charge in [0.15, 0.2) is 5.96 Å². The first-order valence-corrected chi connectivity index (χ1v) is 5.46. The fraction of sp³-hybridized carbons (Fsp3) is 0.800. The molecule has 0 spiro atoms. The Bertz CT molecular complexity index is 269. The van der Waals surface area contributed by atoms with Crippen molar-refractivity contribution in [1.82, 2.24) is 5.32 Å². The zero-order valence-corrected chi connectivity index (χ0v) is 10.3. The van der Waals surface area contributed by atoms with Gasteiger partial charge < -0.3 is 27.0 Å². The molecule has 0 aromatic rings. The molecule has 100 valence electrons. The number of nitrogens with two attached hydrogens (primary N) is 2. The number of carboxylic acids is 1. The topological polar surface area (TPSA) is 134 Å². The second-order valence-electron chi connectivity index (χ2n) is 4.53. The van der Waals surface area contributed by atoms with Gasteiger partial charge in [0.25, 0.3) is 0 Å². The zero-order chi connectivity index (χ0) is 13.5. The van der Waals surface area contributed by atoms with Gasteiger partial charge in [-0.25, -0.2) is 0 Å². The van der Waals surface area contributed by atoms with E-state index in [0.717, 1.165) is 0 Å². The number of aliphatic imine (C=N–C) groups is 1. The summed E-state index contributed by atoms with van der Waals surface area (Å²) in [5.41, 5.74) is 9.36. The molecule has 7 nitrogen and oxygen atoms in total. The minimum absolute atomic E-state index is 0.00123. The van der Waals surface area contributed by atoms with Crippen molar-refractivity contribution in [3.8, 4) is 0 Å². The van der Waals surface area contributed by atoms with Crippen molar-refractivity contribution in [3.05, 3.63) is 0 Å². The number of nitrogens with zero attached hydrogens (tertiary/aromatic N) is 1. The summed E-state index contributed by atoms with van der Waals surface area (Å²) in [6.07, 6.45) is 0.968. The third-order valence-electron chi connectivity index (χ3n) is 2.02. The standard InChI is InChI=1S/C10H22N4O3/c1-10(2,17)6-14-7(8(15)16)4-3-5-13-9(11)12/h7,14,17H,3-6H2,1-2H3,(H,15,16)(H4,11,12,13)/t7-/m0/s1. The molecule has 0 amide bonds. The second kappa shape index (κ2) is 7.08. The molecule has 0 unspecified atom stereocenters. The largest absolute Gasteiger partial charge is 0.480 e. The molecule has 0 radical (unpaired) electrons. The maximum atomic E-state index is 10.9. The minimum Gasteiger partial charge on any atom is -0.480 e. The summed E-state index contributed by atoms with van der Waals surface area (Å²) in [6, 6.07) is -0.698. The summed E-state index contributed by atoms with van der Waals surface area (Å²) >= 11 is 0. The van der Waals surface area contributed by atoms with Gasteiger partial charge in [-0.2, -0.15) is 0 Å². The van der Waals surface area contributed by atoms with E-state index in [1.54, 1.807) is 13.8 Å². The molecule has 0 saturated heterocycles. The second-order valence-corrected chi connectivity index (χ2v) is 4.53. The number of rotatable bonds is 8. The van der Waals surface area contributed by atoms with Crippen LogP contribution in [0.4, 0.5) is 0 Å². The molecule has 0 aliphatic carbocycles. The van der Waals surface area contributed by atoms with Gasteiger partial charge in [-0.05, 0) is 26.7 Å². The fourth-order valence-electron chi connectivity index (χ4n) is 1.19. The minimum atomic E-state index is -0.945. The van der Waals surface area contributed by atoms with Gasteiger partial charge in [-0.15, -0.1) is 0 Å². The number of hydrogen-bond donors (Lipinski definition) is 5. The van der Waals surface area contributed by atoms with Crippen LogP contribution in [0.25, 0.3) is 0 Å². The van der Waals surface area contributed by atoms with Crippen molar-refractivity contribution >= 4 is 11.9 Å². The van der Waals surface area contributed by atoms with Crippen molar-refractivity contribution in [1.29, 1.82) is 0 Å². The Hall–Kier alpha value is -1.34. The molecule has 0 aliphatic heterocycles. The molecular formula is C10H22N4O3. The van der Waals surface area contributed by atoms with Crippen LogP contribution >= 0.6 is 0 Å². The van der Waals surface area contributed by atoms with Crippen LogP contribution in [0.1, 0.15) is 26.7 Å². The quantitative estimate of drug-likeness (QED) is 0.209. The number of hydrogen-bond acceptors (Lipinski definition) is 4. The van der Waals surface area contributed by atoms with E-state index in [1.165, 1.54) is 0 Å². The lowest BCUT2D eigenvalue weighted by molar-refractivity contribution is -0.139. The molecule has 7 N–H and O–H groups in total. The summed E-state index contributed by atoms with van der Waals surface area (Å²) in [5.74, 6) is -0.944. The molecule has 7 heteroatoms. The van der Waals surface area contributed by atoms with Crippen molar-refractivity contribution < 1.29 is 15.0 Å². The average molecular weight is 246 g/mol. The van der Waals surface area contributed by atoms with Crippen LogP contribution in [0.3, 0.4) is 0 Å². The molecule has 0 aliphatic rings. The summed E-state index contributed by atoms with van der Waals surface area (Å²) < 4.78 is 0. The highest BCUT2D eigenvalue weighted by Crippen LogP contribution is 2.02. The van der Waals surface area contributed by atoms with Crippen LogP contribution in [0, 0.1) is 0 Å². The van der Waals surface area contributed by atoms with Crippen LogP contribution in [0.15, 0.2) is 4.99 Å². The molecule has 0 saturated carbocycles. The van der Waals surface area contributed by atoms with Crippen molar-refractivity contribution in [2.24, 2.45) is 16.5 Å². The number of carbonyl (C=O) groups is 1. The van der Waals surface area contributed by atoms with E-state index < -0.39 is 17.6 Å². The van der Waals surface area contributed by atoms with E-state index in [2.05, 4.69) is 10.3 Å². The lowest BCUT2D eigenvalue weighted by atomic mass is 10.1. The Kier molecular flexibility index (Phi) is 6.52. The van der Waals surface area contributed by atoms with Crippen molar-refractivity contribution in [2.75, 3.05) is 13.1 Å². The van der Waals surface area contributed by atoms with Gasteiger partial charge in [0.2, 0.25) is 0 Å². The monoisotopic (exact) mass is 246 g/mol. The molecule has 1 atom stereocenters. The van der Waals surface area contributed by atoms with E-state index in [1.807, 2.05) is 0 Å². The molecule has 17 heavy (non-hydrogen) atoms. The lowest BCUT2D eigenvalue weighted by Gasteiger charge is -2.21. The average Bonchev–Trinajstić information content (AvgIpc) is 2.13. The maximum Gasteiger partial charge on any atom is 0.320 e. The van der Waals surface area contributed by atoms with Gasteiger partial charge in [0, 0.05) is 13.1 Å². The van der Waals surface area contributed by atoms with Crippen molar-refractivity contribution in [3.63, 3.8) is 0 Å². The predicted octanol–water partition coefficient (Wildman–Crippen LogP) is -1.15. The van der Waals surface area contributed by atoms with Gasteiger partial charge in [-0.1, -0.05) is 0 Å². The van der Waals surface area contributed by atoms with Crippen LogP contribution in [-0.4, -0.2) is 46.9 Å². The molecular weight excluding hydrogens is 224 g/mol. The fourth-order valence-corrected chi connectivity index (χ4v) is 1.19. The van der Waals surface area contributed by atoms with E-state index in [0.29, 0.717) is 19.4 Å². The van der Waals surface area contributed by atoms with E-state index in [9.17, 15) is 9.90 Å². The van der Waals surface area contributed by atoms with E-state index in [-0.39, 0.29) is 12.5 Å². The summed E-state index contributed by atoms with van der Waals surface area (Å²) in [6.45, 7) is 3.83. The zero-order valence-electron chi connectivity index (χ0n) is 10.3. The molecule has 0 rings (SSSR count). The third-order valence-corrected chi connectivity index (χ3v) is 2.02. The van der Waals surface area contributed by atoms with Crippen LogP contribution < -0.4 is 16.8 Å². The molecule has 0 heterocycles. The third kappa shape index (κ3) is 9.58. The Morgan fingerprint density at radius 3 is 2.47 bits per heavy atom. The van der Waals surface area contributed by atoms with E-state index in [4.69, 9.17) is 16.6 Å². The Balaban J connectivity index is 4.00. The number of aliphatic hydroxyl groups is 1. The SMILES string of the molecule is CC(C)(O)CN[C@@H](CCCN=C(N)N)C(=O)O. The Labute approximate surface area is 101 Å².